The number of benzene rings is 2. The fourth-order valence-electron chi connectivity index (χ4n) is 2.32. The first-order valence-electron chi connectivity index (χ1n) is 7.93. The summed E-state index contributed by atoms with van der Waals surface area (Å²) in [5, 5.41) is 2.68. The van der Waals surface area contributed by atoms with Gasteiger partial charge in [-0.1, -0.05) is 36.4 Å². The van der Waals surface area contributed by atoms with Crippen molar-refractivity contribution < 1.29 is 9.59 Å². The number of likely N-dealkylation sites (N-methyl/N-ethyl adjacent to an activating group) is 1. The van der Waals surface area contributed by atoms with E-state index in [0.717, 1.165) is 11.3 Å². The Morgan fingerprint density at radius 3 is 2.33 bits per heavy atom. The molecule has 2 rings (SSSR count). The smallest absolute Gasteiger partial charge is 0.313 e. The van der Waals surface area contributed by atoms with E-state index in [-0.39, 0.29) is 0 Å². The molecule has 2 amide bonds. The van der Waals surface area contributed by atoms with E-state index in [4.69, 9.17) is 0 Å². The van der Waals surface area contributed by atoms with Crippen molar-refractivity contribution in [1.29, 1.82) is 0 Å². The second-order valence-electron chi connectivity index (χ2n) is 5.70. The molecule has 0 aromatic heterocycles. The van der Waals surface area contributed by atoms with Crippen LogP contribution in [-0.4, -0.2) is 37.4 Å². The quantitative estimate of drug-likeness (QED) is 0.860. The van der Waals surface area contributed by atoms with E-state index in [0.29, 0.717) is 18.8 Å². The van der Waals surface area contributed by atoms with E-state index < -0.39 is 11.8 Å². The average Bonchev–Trinajstić information content (AvgIpc) is 2.60. The van der Waals surface area contributed by atoms with Gasteiger partial charge in [-0.15, -0.1) is 0 Å². The van der Waals surface area contributed by atoms with Crippen LogP contribution in [0.25, 0.3) is 0 Å². The molecular weight excluding hydrogens is 302 g/mol. The fourth-order valence-corrected chi connectivity index (χ4v) is 2.32. The molecule has 2 aromatic rings. The molecule has 0 aliphatic carbocycles. The summed E-state index contributed by atoms with van der Waals surface area (Å²) in [5.41, 5.74) is 2.56. The zero-order valence-corrected chi connectivity index (χ0v) is 14.3. The third-order valence-electron chi connectivity index (χ3n) is 3.70. The maximum Gasteiger partial charge on any atom is 0.313 e. The number of hydrogen-bond acceptors (Lipinski definition) is 3. The van der Waals surface area contributed by atoms with Gasteiger partial charge in [0.1, 0.15) is 0 Å². The van der Waals surface area contributed by atoms with Crippen molar-refractivity contribution in [2.75, 3.05) is 30.9 Å². The van der Waals surface area contributed by atoms with E-state index in [2.05, 4.69) is 5.32 Å². The van der Waals surface area contributed by atoms with Crippen LogP contribution in [0.15, 0.2) is 54.6 Å². The van der Waals surface area contributed by atoms with E-state index >= 15 is 0 Å². The van der Waals surface area contributed by atoms with Crippen molar-refractivity contribution in [2.45, 2.75) is 13.5 Å². The minimum Gasteiger partial charge on any atom is -0.378 e. The van der Waals surface area contributed by atoms with Gasteiger partial charge in [-0.3, -0.25) is 9.59 Å². The zero-order valence-electron chi connectivity index (χ0n) is 14.3. The first kappa shape index (κ1) is 17.5. The van der Waals surface area contributed by atoms with Crippen LogP contribution in [0.3, 0.4) is 0 Å². The number of hydrogen-bond donors (Lipinski definition) is 1. The second-order valence-corrected chi connectivity index (χ2v) is 5.70. The highest BCUT2D eigenvalue weighted by Crippen LogP contribution is 2.17. The summed E-state index contributed by atoms with van der Waals surface area (Å²) >= 11 is 0. The van der Waals surface area contributed by atoms with Crippen molar-refractivity contribution in [1.82, 2.24) is 4.90 Å². The zero-order chi connectivity index (χ0) is 17.5. The molecule has 0 saturated carbocycles. The Morgan fingerprint density at radius 2 is 1.71 bits per heavy atom. The lowest BCUT2D eigenvalue weighted by molar-refractivity contribution is -0.143. The molecule has 0 atom stereocenters. The maximum absolute atomic E-state index is 12.4. The van der Waals surface area contributed by atoms with Crippen LogP contribution in [0.1, 0.15) is 12.5 Å². The van der Waals surface area contributed by atoms with Crippen LogP contribution >= 0.6 is 0 Å². The molecule has 0 bridgehead atoms. The Labute approximate surface area is 142 Å². The Kier molecular flexibility index (Phi) is 5.95. The number of carbonyl (C=O) groups excluding carboxylic acids is 2. The summed E-state index contributed by atoms with van der Waals surface area (Å²) < 4.78 is 0. The molecule has 0 heterocycles. The Bertz CT molecular complexity index is 699. The third-order valence-corrected chi connectivity index (χ3v) is 3.70. The highest BCUT2D eigenvalue weighted by atomic mass is 16.2. The van der Waals surface area contributed by atoms with Gasteiger partial charge < -0.3 is 15.1 Å². The van der Waals surface area contributed by atoms with Crippen molar-refractivity contribution >= 4 is 23.2 Å². The lowest BCUT2D eigenvalue weighted by Gasteiger charge is -2.20. The van der Waals surface area contributed by atoms with E-state index in [9.17, 15) is 9.59 Å². The topological polar surface area (TPSA) is 52.7 Å². The van der Waals surface area contributed by atoms with Crippen LogP contribution < -0.4 is 10.2 Å². The highest BCUT2D eigenvalue weighted by molar-refractivity contribution is 6.39. The minimum absolute atomic E-state index is 0.418. The number of rotatable bonds is 5. The summed E-state index contributed by atoms with van der Waals surface area (Å²) in [5.74, 6) is -1.15. The number of amides is 2. The number of anilines is 2. The number of nitrogens with zero attached hydrogens (tertiary/aromatic N) is 2. The standard InChI is InChI=1S/C19H23N3O2/c1-4-22(14-15-9-6-5-7-10-15)19(24)18(23)20-16-11-8-12-17(13-16)21(2)3/h5-13H,4,14H2,1-3H3,(H,20,23). The molecule has 1 N–H and O–H groups in total. The van der Waals surface area contributed by atoms with Crippen molar-refractivity contribution in [2.24, 2.45) is 0 Å². The predicted octanol–water partition coefficient (Wildman–Crippen LogP) is 2.74. The van der Waals surface area contributed by atoms with Crippen molar-refractivity contribution in [3.8, 4) is 0 Å². The molecule has 0 spiro atoms. The Morgan fingerprint density at radius 1 is 1.00 bits per heavy atom. The molecule has 24 heavy (non-hydrogen) atoms. The lowest BCUT2D eigenvalue weighted by atomic mass is 10.2. The molecule has 5 nitrogen and oxygen atoms in total. The first-order valence-corrected chi connectivity index (χ1v) is 7.93. The molecule has 0 aliphatic rings. The SMILES string of the molecule is CCN(Cc1ccccc1)C(=O)C(=O)Nc1cccc(N(C)C)c1. The van der Waals surface area contributed by atoms with Crippen LogP contribution in [0.5, 0.6) is 0 Å². The van der Waals surface area contributed by atoms with Gasteiger partial charge in [0, 0.05) is 38.6 Å². The Hall–Kier alpha value is -2.82. The largest absolute Gasteiger partial charge is 0.378 e. The molecule has 2 aromatic carbocycles. The molecule has 0 radical (unpaired) electrons. The third kappa shape index (κ3) is 4.59. The van der Waals surface area contributed by atoms with Crippen LogP contribution in [-0.2, 0) is 16.1 Å². The van der Waals surface area contributed by atoms with Gasteiger partial charge in [0.2, 0.25) is 0 Å². The fraction of sp³-hybridized carbons (Fsp3) is 0.263. The molecule has 126 valence electrons. The van der Waals surface area contributed by atoms with Gasteiger partial charge in [-0.05, 0) is 30.7 Å². The molecular formula is C19H23N3O2. The van der Waals surface area contributed by atoms with Crippen LogP contribution in [0.4, 0.5) is 11.4 Å². The maximum atomic E-state index is 12.4. The highest BCUT2D eigenvalue weighted by Gasteiger charge is 2.21. The second kappa shape index (κ2) is 8.15. The van der Waals surface area contributed by atoms with Gasteiger partial charge in [0.25, 0.3) is 0 Å². The Balaban J connectivity index is 2.04. The normalized spacial score (nSPS) is 10.1. The molecule has 0 fully saturated rings. The first-order chi connectivity index (χ1) is 11.5. The van der Waals surface area contributed by atoms with Gasteiger partial charge in [-0.25, -0.2) is 0 Å². The summed E-state index contributed by atoms with van der Waals surface area (Å²) in [6.07, 6.45) is 0. The van der Waals surface area contributed by atoms with Gasteiger partial charge in [0.05, 0.1) is 0 Å². The van der Waals surface area contributed by atoms with Gasteiger partial charge in [0.15, 0.2) is 0 Å². The number of nitrogens with one attached hydrogen (secondary N) is 1. The van der Waals surface area contributed by atoms with E-state index in [1.165, 1.54) is 4.90 Å². The van der Waals surface area contributed by atoms with E-state index in [1.807, 2.05) is 74.4 Å². The molecule has 5 heteroatoms. The van der Waals surface area contributed by atoms with Gasteiger partial charge in [-0.2, -0.15) is 0 Å². The predicted molar refractivity (Wildman–Crippen MR) is 96.9 cm³/mol. The van der Waals surface area contributed by atoms with Crippen molar-refractivity contribution in [3.63, 3.8) is 0 Å². The summed E-state index contributed by atoms with van der Waals surface area (Å²) in [6.45, 7) is 2.75. The summed E-state index contributed by atoms with van der Waals surface area (Å²) in [6, 6.07) is 17.0. The van der Waals surface area contributed by atoms with Crippen LogP contribution in [0, 0.1) is 0 Å². The molecule has 0 aliphatic heterocycles. The van der Waals surface area contributed by atoms with E-state index in [1.54, 1.807) is 6.07 Å². The summed E-state index contributed by atoms with van der Waals surface area (Å²) in [7, 11) is 3.84. The molecule has 0 saturated heterocycles. The number of carbonyl (C=O) groups is 2. The van der Waals surface area contributed by atoms with Crippen molar-refractivity contribution in [3.05, 3.63) is 60.2 Å². The van der Waals surface area contributed by atoms with Crippen LogP contribution in [0.2, 0.25) is 0 Å². The van der Waals surface area contributed by atoms with Gasteiger partial charge >= 0.3 is 11.8 Å². The summed E-state index contributed by atoms with van der Waals surface area (Å²) in [4.78, 5) is 28.1. The molecule has 0 unspecified atom stereocenters. The average molecular weight is 325 g/mol. The monoisotopic (exact) mass is 325 g/mol. The lowest BCUT2D eigenvalue weighted by Crippen LogP contribution is -2.39. The minimum atomic E-state index is -0.622.